The first kappa shape index (κ1) is 23.8. The largest absolute Gasteiger partial charge is 0.465 e. The van der Waals surface area contributed by atoms with E-state index in [0.29, 0.717) is 47.3 Å². The Balaban J connectivity index is 1.88. The van der Waals surface area contributed by atoms with Crippen molar-refractivity contribution in [2.45, 2.75) is 39.3 Å². The van der Waals surface area contributed by atoms with Gasteiger partial charge in [0, 0.05) is 37.1 Å². The molecule has 0 unspecified atom stereocenters. The van der Waals surface area contributed by atoms with Gasteiger partial charge in [0.2, 0.25) is 5.95 Å². The van der Waals surface area contributed by atoms with Crippen LogP contribution in [-0.2, 0) is 13.6 Å². The summed E-state index contributed by atoms with van der Waals surface area (Å²) in [5.74, 6) is 0.156. The number of carboxylic acid groups (broad SMARTS) is 1. The predicted molar refractivity (Wildman–Crippen MR) is 131 cm³/mol. The van der Waals surface area contributed by atoms with Crippen molar-refractivity contribution in [3.63, 3.8) is 0 Å². The number of anilines is 1. The summed E-state index contributed by atoms with van der Waals surface area (Å²) < 4.78 is 3.20. The fourth-order valence-corrected chi connectivity index (χ4v) is 4.65. The summed E-state index contributed by atoms with van der Waals surface area (Å²) in [7, 11) is 1.59. The molecular formula is C24H28ClN5O4. The van der Waals surface area contributed by atoms with Crippen LogP contribution in [0.1, 0.15) is 42.7 Å². The van der Waals surface area contributed by atoms with Gasteiger partial charge in [-0.3, -0.25) is 9.59 Å². The molecule has 2 aromatic heterocycles. The normalized spacial score (nSPS) is 16.3. The number of ketones is 1. The maximum absolute atomic E-state index is 13.5. The highest BCUT2D eigenvalue weighted by atomic mass is 35.5. The third-order valence-electron chi connectivity index (χ3n) is 6.21. The molecular weight excluding hydrogens is 458 g/mol. The van der Waals surface area contributed by atoms with E-state index in [0.717, 1.165) is 18.4 Å². The summed E-state index contributed by atoms with van der Waals surface area (Å²) in [6.45, 7) is 4.99. The van der Waals surface area contributed by atoms with Gasteiger partial charge >= 0.3 is 6.09 Å². The number of nitrogens with one attached hydrogen (secondary N) is 1. The van der Waals surface area contributed by atoms with Gasteiger partial charge in [-0.05, 0) is 30.5 Å². The number of amides is 1. The van der Waals surface area contributed by atoms with E-state index in [-0.39, 0.29) is 23.3 Å². The van der Waals surface area contributed by atoms with Crippen molar-refractivity contribution in [1.82, 2.24) is 19.4 Å². The van der Waals surface area contributed by atoms with Gasteiger partial charge in [-0.25, -0.2) is 9.78 Å². The zero-order valence-electron chi connectivity index (χ0n) is 19.4. The summed E-state index contributed by atoms with van der Waals surface area (Å²) in [6, 6.07) is 8.83. The van der Waals surface area contributed by atoms with Crippen LogP contribution in [0.4, 0.5) is 10.7 Å². The number of aromatic nitrogens is 3. The first-order valence-corrected chi connectivity index (χ1v) is 11.7. The lowest BCUT2D eigenvalue weighted by atomic mass is 10.1. The third-order valence-corrected chi connectivity index (χ3v) is 6.58. The Labute approximate surface area is 202 Å². The van der Waals surface area contributed by atoms with Crippen molar-refractivity contribution in [1.29, 1.82) is 0 Å². The Morgan fingerprint density at radius 1 is 1.29 bits per heavy atom. The minimum atomic E-state index is -1.07. The molecule has 1 fully saturated rings. The SMILES string of the molecule is CC(C)C(=O)c1cc2nc(N3CCC[C@@H](NC(=O)O)C3)n(Cc3ccccc3Cl)c2c(=O)n1C. The number of rotatable bonds is 6. The molecule has 0 aliphatic carbocycles. The number of nitrogens with zero attached hydrogens (tertiary/aromatic N) is 4. The highest BCUT2D eigenvalue weighted by molar-refractivity contribution is 6.31. The molecule has 1 amide bonds. The van der Waals surface area contributed by atoms with Crippen LogP contribution in [0, 0.1) is 5.92 Å². The van der Waals surface area contributed by atoms with Crippen LogP contribution in [0.5, 0.6) is 0 Å². The standard InChI is InChI=1S/C24H28ClN5O4/c1-14(2)21(31)19-11-18-20(22(32)28(19)3)30(12-15-7-4-5-9-17(15)25)23(27-18)29-10-6-8-16(13-29)26-24(33)34/h4-5,7,9,11,14,16,26H,6,8,10,12-13H2,1-3H3,(H,33,34)/t16-/m1/s1. The van der Waals surface area contributed by atoms with E-state index in [4.69, 9.17) is 21.7 Å². The number of benzene rings is 1. The molecule has 3 aromatic rings. The molecule has 0 bridgehead atoms. The van der Waals surface area contributed by atoms with Crippen LogP contribution in [0.2, 0.25) is 5.02 Å². The van der Waals surface area contributed by atoms with E-state index < -0.39 is 6.09 Å². The Hall–Kier alpha value is -3.33. The monoisotopic (exact) mass is 485 g/mol. The van der Waals surface area contributed by atoms with Crippen LogP contribution in [-0.4, -0.2) is 50.2 Å². The Morgan fingerprint density at radius 3 is 2.71 bits per heavy atom. The molecule has 2 N–H and O–H groups in total. The van der Waals surface area contributed by atoms with Crippen LogP contribution in [0.25, 0.3) is 11.0 Å². The van der Waals surface area contributed by atoms with Crippen molar-refractivity contribution in [3.05, 3.63) is 57.0 Å². The smallest absolute Gasteiger partial charge is 0.404 e. The number of Topliss-reactive ketones (excluding diaryl/α,β-unsaturated/α-hetero) is 1. The van der Waals surface area contributed by atoms with Gasteiger partial charge < -0.3 is 24.5 Å². The molecule has 3 heterocycles. The highest BCUT2D eigenvalue weighted by Crippen LogP contribution is 2.27. The fraction of sp³-hybridized carbons (Fsp3) is 0.417. The lowest BCUT2D eigenvalue weighted by molar-refractivity contribution is 0.0930. The van der Waals surface area contributed by atoms with E-state index >= 15 is 0 Å². The van der Waals surface area contributed by atoms with E-state index in [1.807, 2.05) is 27.7 Å². The number of hydrogen-bond donors (Lipinski definition) is 2. The number of imidazole rings is 1. The van der Waals surface area contributed by atoms with Gasteiger partial charge in [0.25, 0.3) is 5.56 Å². The molecule has 1 saturated heterocycles. The van der Waals surface area contributed by atoms with Gasteiger partial charge in [0.15, 0.2) is 5.78 Å². The van der Waals surface area contributed by atoms with Crippen molar-refractivity contribution in [2.24, 2.45) is 13.0 Å². The number of halogens is 1. The second kappa shape index (κ2) is 9.50. The van der Waals surface area contributed by atoms with Gasteiger partial charge in [-0.1, -0.05) is 43.6 Å². The lowest BCUT2D eigenvalue weighted by Crippen LogP contribution is -2.48. The van der Waals surface area contributed by atoms with Crippen LogP contribution in [0.3, 0.4) is 0 Å². The topological polar surface area (TPSA) is 109 Å². The minimum absolute atomic E-state index is 0.132. The first-order valence-electron chi connectivity index (χ1n) is 11.3. The van der Waals surface area contributed by atoms with Gasteiger partial charge in [0.05, 0.1) is 17.8 Å². The zero-order valence-corrected chi connectivity index (χ0v) is 20.2. The highest BCUT2D eigenvalue weighted by Gasteiger charge is 2.28. The Kier molecular flexibility index (Phi) is 6.65. The Bertz CT molecular complexity index is 1310. The van der Waals surface area contributed by atoms with Crippen molar-refractivity contribution >= 4 is 40.5 Å². The molecule has 1 aliphatic heterocycles. The minimum Gasteiger partial charge on any atom is -0.465 e. The van der Waals surface area contributed by atoms with Crippen molar-refractivity contribution < 1.29 is 14.7 Å². The van der Waals surface area contributed by atoms with E-state index in [9.17, 15) is 14.4 Å². The summed E-state index contributed by atoms with van der Waals surface area (Å²) in [5, 5.41) is 12.3. The molecule has 1 aliphatic rings. The molecule has 1 aromatic carbocycles. The number of fused-ring (bicyclic) bond motifs is 1. The third kappa shape index (κ3) is 4.52. The summed E-state index contributed by atoms with van der Waals surface area (Å²) >= 11 is 6.43. The van der Waals surface area contributed by atoms with Gasteiger partial charge in [-0.15, -0.1) is 0 Å². The summed E-state index contributed by atoms with van der Waals surface area (Å²) in [4.78, 5) is 44.2. The second-order valence-corrected chi connectivity index (χ2v) is 9.38. The maximum Gasteiger partial charge on any atom is 0.404 e. The average molecular weight is 486 g/mol. The van der Waals surface area contributed by atoms with Crippen LogP contribution >= 0.6 is 11.6 Å². The average Bonchev–Trinajstić information content (AvgIpc) is 3.15. The molecule has 1 atom stereocenters. The number of pyridine rings is 1. The molecule has 180 valence electrons. The van der Waals surface area contributed by atoms with Crippen LogP contribution < -0.4 is 15.8 Å². The lowest BCUT2D eigenvalue weighted by Gasteiger charge is -2.33. The number of carbonyl (C=O) groups excluding carboxylic acids is 1. The van der Waals surface area contributed by atoms with E-state index in [1.54, 1.807) is 33.0 Å². The molecule has 4 rings (SSSR count). The van der Waals surface area contributed by atoms with Gasteiger partial charge in [-0.2, -0.15) is 0 Å². The molecule has 0 spiro atoms. The zero-order chi connectivity index (χ0) is 24.6. The van der Waals surface area contributed by atoms with Crippen molar-refractivity contribution in [3.8, 4) is 0 Å². The maximum atomic E-state index is 13.5. The van der Waals surface area contributed by atoms with Crippen molar-refractivity contribution in [2.75, 3.05) is 18.0 Å². The first-order chi connectivity index (χ1) is 16.2. The van der Waals surface area contributed by atoms with Crippen LogP contribution in [0.15, 0.2) is 35.1 Å². The summed E-state index contributed by atoms with van der Waals surface area (Å²) in [6.07, 6.45) is 0.430. The number of hydrogen-bond acceptors (Lipinski definition) is 5. The summed E-state index contributed by atoms with van der Waals surface area (Å²) in [5.41, 5.74) is 1.63. The quantitative estimate of drug-likeness (QED) is 0.517. The molecule has 0 radical (unpaired) electrons. The molecule has 34 heavy (non-hydrogen) atoms. The molecule has 10 heteroatoms. The van der Waals surface area contributed by atoms with E-state index in [1.165, 1.54) is 4.57 Å². The predicted octanol–water partition coefficient (Wildman–Crippen LogP) is 3.51. The molecule has 0 saturated carbocycles. The number of piperidine rings is 1. The van der Waals surface area contributed by atoms with Gasteiger partial charge in [0.1, 0.15) is 5.52 Å². The second-order valence-electron chi connectivity index (χ2n) is 8.97. The fourth-order valence-electron chi connectivity index (χ4n) is 4.45. The Morgan fingerprint density at radius 2 is 2.03 bits per heavy atom. The molecule has 9 nitrogen and oxygen atoms in total. The van der Waals surface area contributed by atoms with E-state index in [2.05, 4.69) is 5.32 Å². The number of carbonyl (C=O) groups is 2.